The minimum absolute atomic E-state index is 0.0263. The van der Waals surface area contributed by atoms with E-state index in [1.54, 1.807) is 48.5 Å². The Morgan fingerprint density at radius 3 is 2.51 bits per heavy atom. The number of alkyl halides is 3. The smallest absolute Gasteiger partial charge is 0.421 e. The summed E-state index contributed by atoms with van der Waals surface area (Å²) in [7, 11) is 0. The lowest BCUT2D eigenvalue weighted by Crippen LogP contribution is -2.19. The maximum Gasteiger partial charge on any atom is 0.421 e. The zero-order chi connectivity index (χ0) is 25.2. The Morgan fingerprint density at radius 1 is 1.03 bits per heavy atom. The van der Waals surface area contributed by atoms with Crippen LogP contribution in [-0.4, -0.2) is 22.4 Å². The van der Waals surface area contributed by atoms with Crippen LogP contribution < -0.4 is 10.5 Å². The average Bonchev–Trinajstić information content (AvgIpc) is 3.25. The summed E-state index contributed by atoms with van der Waals surface area (Å²) in [6.07, 6.45) is -7.86. The molecule has 1 heterocycles. The van der Waals surface area contributed by atoms with Gasteiger partial charge in [-0.2, -0.15) is 13.2 Å². The van der Waals surface area contributed by atoms with Crippen LogP contribution in [0.4, 0.5) is 13.2 Å². The predicted octanol–water partition coefficient (Wildman–Crippen LogP) is 5.36. The van der Waals surface area contributed by atoms with Gasteiger partial charge < -0.3 is 25.1 Å². The highest BCUT2D eigenvalue weighted by molar-refractivity contribution is 5.93. The quantitative estimate of drug-likeness (QED) is 0.310. The molecular formula is C26H22F3NO5. The third-order valence-electron chi connectivity index (χ3n) is 5.46. The van der Waals surface area contributed by atoms with E-state index in [2.05, 4.69) is 0 Å². The van der Waals surface area contributed by atoms with Gasteiger partial charge in [-0.05, 0) is 47.0 Å². The molecule has 4 N–H and O–H groups in total. The van der Waals surface area contributed by atoms with Crippen molar-refractivity contribution in [2.75, 3.05) is 0 Å². The van der Waals surface area contributed by atoms with Gasteiger partial charge in [0.15, 0.2) is 0 Å². The summed E-state index contributed by atoms with van der Waals surface area (Å²) in [4.78, 5) is 11.1. The van der Waals surface area contributed by atoms with Crippen LogP contribution in [0.1, 0.15) is 28.6 Å². The number of fused-ring (bicyclic) bond motifs is 1. The number of aliphatic carboxylic acids is 1. The largest absolute Gasteiger partial charge is 0.489 e. The van der Waals surface area contributed by atoms with Gasteiger partial charge in [-0.25, -0.2) is 0 Å². The molecule has 0 aliphatic carbocycles. The molecule has 182 valence electrons. The van der Waals surface area contributed by atoms with E-state index in [9.17, 15) is 23.1 Å². The number of aliphatic hydroxyl groups excluding tert-OH is 1. The number of ether oxygens (including phenoxy) is 1. The number of benzene rings is 3. The summed E-state index contributed by atoms with van der Waals surface area (Å²) < 4.78 is 50.7. The Hall–Kier alpha value is -3.82. The van der Waals surface area contributed by atoms with E-state index in [0.29, 0.717) is 33.4 Å². The van der Waals surface area contributed by atoms with Crippen LogP contribution in [-0.2, 0) is 24.4 Å². The number of hydrogen-bond acceptors (Lipinski definition) is 5. The number of carboxylic acids is 1. The SMILES string of the molecule is NCc1cccc(-c2cc(COc3ccccc3CC(=O)O)cc3cc(C(O)C(F)(F)F)oc23)c1. The zero-order valence-corrected chi connectivity index (χ0v) is 18.4. The molecule has 6 nitrogen and oxygen atoms in total. The fourth-order valence-electron chi connectivity index (χ4n) is 3.81. The predicted molar refractivity (Wildman–Crippen MR) is 123 cm³/mol. The van der Waals surface area contributed by atoms with E-state index in [4.69, 9.17) is 20.0 Å². The maximum absolute atomic E-state index is 13.1. The minimum Gasteiger partial charge on any atom is -0.489 e. The summed E-state index contributed by atoms with van der Waals surface area (Å²) in [6, 6.07) is 18.4. The number of nitrogens with two attached hydrogens (primary N) is 1. The van der Waals surface area contributed by atoms with Crippen LogP contribution in [0, 0.1) is 0 Å². The van der Waals surface area contributed by atoms with Crippen molar-refractivity contribution in [1.82, 2.24) is 0 Å². The van der Waals surface area contributed by atoms with Gasteiger partial charge in [-0.1, -0.05) is 36.4 Å². The van der Waals surface area contributed by atoms with Crippen LogP contribution in [0.15, 0.2) is 71.1 Å². The lowest BCUT2D eigenvalue weighted by molar-refractivity contribution is -0.211. The topological polar surface area (TPSA) is 106 Å². The van der Waals surface area contributed by atoms with E-state index in [0.717, 1.165) is 11.6 Å². The first kappa shape index (κ1) is 24.3. The number of aliphatic hydroxyl groups is 1. The van der Waals surface area contributed by atoms with E-state index in [-0.39, 0.29) is 25.2 Å². The summed E-state index contributed by atoms with van der Waals surface area (Å²) >= 11 is 0. The third kappa shape index (κ3) is 5.47. The second-order valence-corrected chi connectivity index (χ2v) is 8.03. The van der Waals surface area contributed by atoms with Crippen molar-refractivity contribution in [2.24, 2.45) is 5.73 Å². The van der Waals surface area contributed by atoms with E-state index in [1.165, 1.54) is 0 Å². The fourth-order valence-corrected chi connectivity index (χ4v) is 3.81. The molecule has 4 rings (SSSR count). The first-order chi connectivity index (χ1) is 16.7. The molecule has 0 amide bonds. The third-order valence-corrected chi connectivity index (χ3v) is 5.46. The zero-order valence-electron chi connectivity index (χ0n) is 18.4. The van der Waals surface area contributed by atoms with Crippen molar-refractivity contribution in [3.8, 4) is 16.9 Å². The second-order valence-electron chi connectivity index (χ2n) is 8.03. The minimum atomic E-state index is -4.88. The molecule has 1 aromatic heterocycles. The van der Waals surface area contributed by atoms with Crippen molar-refractivity contribution in [1.29, 1.82) is 0 Å². The number of furan rings is 1. The number of carboxylic acid groups (broad SMARTS) is 1. The van der Waals surface area contributed by atoms with Crippen molar-refractivity contribution < 1.29 is 37.3 Å². The average molecular weight is 485 g/mol. The van der Waals surface area contributed by atoms with Crippen molar-refractivity contribution in [2.45, 2.75) is 31.9 Å². The van der Waals surface area contributed by atoms with Crippen molar-refractivity contribution >= 4 is 16.9 Å². The van der Waals surface area contributed by atoms with Gasteiger partial charge in [-0.3, -0.25) is 4.79 Å². The lowest BCUT2D eigenvalue weighted by atomic mass is 9.99. The van der Waals surface area contributed by atoms with Crippen LogP contribution >= 0.6 is 0 Å². The summed E-state index contributed by atoms with van der Waals surface area (Å²) in [5.41, 5.74) is 9.05. The molecule has 0 spiro atoms. The Labute approximate surface area is 198 Å². The molecule has 0 bridgehead atoms. The van der Waals surface area contributed by atoms with Gasteiger partial charge in [0.2, 0.25) is 6.10 Å². The van der Waals surface area contributed by atoms with Gasteiger partial charge in [0.05, 0.1) is 6.42 Å². The molecule has 0 fully saturated rings. The first-order valence-electron chi connectivity index (χ1n) is 10.7. The molecule has 1 unspecified atom stereocenters. The number of hydrogen-bond donors (Lipinski definition) is 3. The van der Waals surface area contributed by atoms with E-state index in [1.807, 2.05) is 12.1 Å². The highest BCUT2D eigenvalue weighted by Crippen LogP contribution is 2.39. The van der Waals surface area contributed by atoms with Gasteiger partial charge in [-0.15, -0.1) is 0 Å². The number of carbonyl (C=O) groups is 1. The number of para-hydroxylation sites is 1. The van der Waals surface area contributed by atoms with Gasteiger partial charge in [0.1, 0.15) is 23.7 Å². The monoisotopic (exact) mass is 485 g/mol. The summed E-state index contributed by atoms with van der Waals surface area (Å²) in [5, 5.41) is 19.2. The van der Waals surface area contributed by atoms with Gasteiger partial charge in [0.25, 0.3) is 0 Å². The number of halogens is 3. The standard InChI is InChI=1S/C26H22F3NO5/c27-26(28,29)25(33)22-11-19-9-16(14-34-21-7-2-1-5-18(21)12-23(31)32)10-20(24(19)35-22)17-6-3-4-15(8-17)13-30/h1-11,25,33H,12-14,30H2,(H,31,32). The Morgan fingerprint density at radius 2 is 1.80 bits per heavy atom. The molecule has 0 radical (unpaired) electrons. The van der Waals surface area contributed by atoms with Gasteiger partial charge in [0, 0.05) is 23.1 Å². The molecule has 0 aliphatic rings. The van der Waals surface area contributed by atoms with Crippen LogP contribution in [0.25, 0.3) is 22.1 Å². The van der Waals surface area contributed by atoms with Crippen LogP contribution in [0.5, 0.6) is 5.75 Å². The highest BCUT2D eigenvalue weighted by Gasteiger charge is 2.41. The van der Waals surface area contributed by atoms with E-state index < -0.39 is 24.0 Å². The normalized spacial score (nSPS) is 12.6. The molecule has 0 aliphatic heterocycles. The molecule has 4 aromatic rings. The molecule has 0 saturated heterocycles. The highest BCUT2D eigenvalue weighted by atomic mass is 19.4. The fraction of sp³-hybridized carbons (Fsp3) is 0.192. The van der Waals surface area contributed by atoms with Gasteiger partial charge >= 0.3 is 12.1 Å². The lowest BCUT2D eigenvalue weighted by Gasteiger charge is -2.12. The molecular weight excluding hydrogens is 463 g/mol. The van der Waals surface area contributed by atoms with E-state index >= 15 is 0 Å². The van der Waals surface area contributed by atoms with Crippen molar-refractivity contribution in [3.05, 3.63) is 89.2 Å². The molecule has 35 heavy (non-hydrogen) atoms. The van der Waals surface area contributed by atoms with Crippen LogP contribution in [0.2, 0.25) is 0 Å². The summed E-state index contributed by atoms with van der Waals surface area (Å²) in [6.45, 7) is 0.300. The Kier molecular flexibility index (Phi) is 6.81. The van der Waals surface area contributed by atoms with Crippen LogP contribution in [0.3, 0.4) is 0 Å². The first-order valence-corrected chi connectivity index (χ1v) is 10.7. The summed E-state index contributed by atoms with van der Waals surface area (Å²) in [5.74, 6) is -1.23. The Bertz CT molecular complexity index is 1360. The number of rotatable bonds is 8. The second kappa shape index (κ2) is 9.81. The molecule has 0 saturated carbocycles. The molecule has 1 atom stereocenters. The maximum atomic E-state index is 13.1. The Balaban J connectivity index is 1.76. The van der Waals surface area contributed by atoms with Crippen molar-refractivity contribution in [3.63, 3.8) is 0 Å². The molecule has 3 aromatic carbocycles. The molecule has 9 heteroatoms.